The van der Waals surface area contributed by atoms with Crippen LogP contribution in [0.2, 0.25) is 5.02 Å². The summed E-state index contributed by atoms with van der Waals surface area (Å²) in [4.78, 5) is 24.2. The molecule has 0 saturated heterocycles. The molecule has 0 bridgehead atoms. The second kappa shape index (κ2) is 7.67. The fourth-order valence-electron chi connectivity index (χ4n) is 2.62. The van der Waals surface area contributed by atoms with Gasteiger partial charge in [0.25, 0.3) is 0 Å². The van der Waals surface area contributed by atoms with E-state index >= 15 is 0 Å². The van der Waals surface area contributed by atoms with Crippen LogP contribution in [0.25, 0.3) is 22.6 Å². The van der Waals surface area contributed by atoms with Gasteiger partial charge in [-0.25, -0.2) is 19.3 Å². The number of rotatable bonds is 5. The molecule has 28 heavy (non-hydrogen) atoms. The highest BCUT2D eigenvalue weighted by Gasteiger charge is 2.29. The summed E-state index contributed by atoms with van der Waals surface area (Å²) in [6.45, 7) is 5.80. The predicted molar refractivity (Wildman–Crippen MR) is 103 cm³/mol. The Bertz CT molecular complexity index is 1020. The van der Waals surface area contributed by atoms with Crippen molar-refractivity contribution in [1.29, 1.82) is 0 Å². The minimum Gasteiger partial charge on any atom is -0.469 e. The number of fused-ring (bicyclic) bond motifs is 1. The second-order valence-electron chi connectivity index (χ2n) is 7.36. The van der Waals surface area contributed by atoms with Crippen molar-refractivity contribution in [1.82, 2.24) is 25.1 Å². The van der Waals surface area contributed by atoms with Crippen molar-refractivity contribution < 1.29 is 13.9 Å². The maximum absolute atomic E-state index is 14.4. The van der Waals surface area contributed by atoms with E-state index in [4.69, 9.17) is 16.3 Å². The zero-order chi connectivity index (χ0) is 20.5. The molecule has 0 spiro atoms. The number of carbonyl (C=O) groups excluding carboxylic acids is 1. The van der Waals surface area contributed by atoms with Gasteiger partial charge in [-0.3, -0.25) is 9.89 Å². The van der Waals surface area contributed by atoms with Crippen LogP contribution in [0.3, 0.4) is 0 Å². The Morgan fingerprint density at radius 3 is 2.79 bits per heavy atom. The van der Waals surface area contributed by atoms with Crippen LogP contribution in [0.4, 0.5) is 10.2 Å². The number of ether oxygens (including phenoxy) is 1. The van der Waals surface area contributed by atoms with Gasteiger partial charge in [0, 0.05) is 12.2 Å². The average Bonchev–Trinajstić information content (AvgIpc) is 3.04. The number of methoxy groups -OCH3 is 1. The minimum atomic E-state index is -0.636. The number of nitrogens with zero attached hydrogens (tertiary/aromatic N) is 4. The first-order chi connectivity index (χ1) is 13.2. The summed E-state index contributed by atoms with van der Waals surface area (Å²) >= 11 is 6.01. The number of hydrogen-bond donors (Lipinski definition) is 2. The van der Waals surface area contributed by atoms with Crippen LogP contribution < -0.4 is 5.32 Å². The second-order valence-corrected chi connectivity index (χ2v) is 7.79. The first-order valence-corrected chi connectivity index (χ1v) is 8.92. The summed E-state index contributed by atoms with van der Waals surface area (Å²) in [6, 6.07) is 1.27. The Morgan fingerprint density at radius 1 is 1.36 bits per heavy atom. The molecule has 2 N–H and O–H groups in total. The van der Waals surface area contributed by atoms with Crippen LogP contribution in [-0.2, 0) is 9.53 Å². The summed E-state index contributed by atoms with van der Waals surface area (Å²) < 4.78 is 19.1. The van der Waals surface area contributed by atoms with Gasteiger partial charge in [-0.05, 0) is 11.5 Å². The van der Waals surface area contributed by atoms with E-state index in [0.29, 0.717) is 21.7 Å². The third-order valence-electron chi connectivity index (χ3n) is 4.30. The molecule has 3 rings (SSSR count). The van der Waals surface area contributed by atoms with Gasteiger partial charge in [0.1, 0.15) is 5.69 Å². The Balaban J connectivity index is 1.98. The van der Waals surface area contributed by atoms with Crippen molar-refractivity contribution in [3.8, 4) is 11.5 Å². The van der Waals surface area contributed by atoms with E-state index < -0.39 is 17.8 Å². The Morgan fingerprint density at radius 2 is 2.11 bits per heavy atom. The molecule has 0 amide bonds. The van der Waals surface area contributed by atoms with E-state index in [1.54, 1.807) is 6.07 Å². The number of hydrogen-bond acceptors (Lipinski definition) is 7. The molecule has 8 nitrogen and oxygen atoms in total. The van der Waals surface area contributed by atoms with E-state index in [9.17, 15) is 9.18 Å². The van der Waals surface area contributed by atoms with Crippen molar-refractivity contribution in [3.05, 3.63) is 29.3 Å². The molecular formula is C18H20ClFN6O2. The summed E-state index contributed by atoms with van der Waals surface area (Å²) in [6.07, 6.45) is 2.60. The SMILES string of the molecule is COC(=O)C[C@@H](Nc1nc(-c2[nH]nc3ncc(Cl)cc23)ncc1F)C(C)(C)C. The van der Waals surface area contributed by atoms with Gasteiger partial charge in [0.15, 0.2) is 23.1 Å². The third-order valence-corrected chi connectivity index (χ3v) is 4.51. The lowest BCUT2D eigenvalue weighted by molar-refractivity contribution is -0.141. The van der Waals surface area contributed by atoms with Crippen LogP contribution in [0.1, 0.15) is 27.2 Å². The number of halogens is 2. The highest BCUT2D eigenvalue weighted by atomic mass is 35.5. The Hall–Kier alpha value is -2.81. The molecule has 0 aliphatic heterocycles. The van der Waals surface area contributed by atoms with Gasteiger partial charge in [-0.1, -0.05) is 32.4 Å². The number of H-pyrrole nitrogens is 1. The molecule has 3 heterocycles. The lowest BCUT2D eigenvalue weighted by Gasteiger charge is -2.31. The number of aromatic amines is 1. The molecular weight excluding hydrogens is 387 g/mol. The normalized spacial score (nSPS) is 12.8. The molecule has 0 saturated carbocycles. The number of anilines is 1. The lowest BCUT2D eigenvalue weighted by Crippen LogP contribution is -2.37. The quantitative estimate of drug-likeness (QED) is 0.623. The predicted octanol–water partition coefficient (Wildman–Crippen LogP) is 3.60. The lowest BCUT2D eigenvalue weighted by atomic mass is 9.84. The molecule has 0 aromatic carbocycles. The summed E-state index contributed by atoms with van der Waals surface area (Å²) in [5, 5.41) is 11.0. The monoisotopic (exact) mass is 406 g/mol. The van der Waals surface area contributed by atoms with E-state index in [2.05, 4.69) is 30.5 Å². The zero-order valence-corrected chi connectivity index (χ0v) is 16.6. The molecule has 0 aliphatic rings. The molecule has 148 valence electrons. The minimum absolute atomic E-state index is 0.0217. The van der Waals surface area contributed by atoms with Gasteiger partial charge in [0.05, 0.1) is 30.1 Å². The number of pyridine rings is 1. The number of aromatic nitrogens is 5. The molecule has 0 fully saturated rings. The Labute approximate surface area is 165 Å². The van der Waals surface area contributed by atoms with Crippen LogP contribution in [0.15, 0.2) is 18.5 Å². The van der Waals surface area contributed by atoms with E-state index in [-0.39, 0.29) is 23.5 Å². The van der Waals surface area contributed by atoms with Crippen LogP contribution >= 0.6 is 11.6 Å². The van der Waals surface area contributed by atoms with Crippen molar-refractivity contribution in [2.75, 3.05) is 12.4 Å². The molecule has 3 aromatic rings. The van der Waals surface area contributed by atoms with Gasteiger partial charge < -0.3 is 10.1 Å². The average molecular weight is 407 g/mol. The van der Waals surface area contributed by atoms with Gasteiger partial charge in [0.2, 0.25) is 0 Å². The number of esters is 1. The topological polar surface area (TPSA) is 106 Å². The molecule has 0 radical (unpaired) electrons. The molecule has 1 atom stereocenters. The fourth-order valence-corrected chi connectivity index (χ4v) is 2.78. The van der Waals surface area contributed by atoms with Crippen LogP contribution in [-0.4, -0.2) is 44.3 Å². The Kier molecular flexibility index (Phi) is 5.46. The first kappa shape index (κ1) is 19.9. The largest absolute Gasteiger partial charge is 0.469 e. The fraction of sp³-hybridized carbons (Fsp3) is 0.389. The van der Waals surface area contributed by atoms with E-state index in [0.717, 1.165) is 6.20 Å². The summed E-state index contributed by atoms with van der Waals surface area (Å²) in [5.41, 5.74) is 0.553. The van der Waals surface area contributed by atoms with Gasteiger partial charge >= 0.3 is 5.97 Å². The summed E-state index contributed by atoms with van der Waals surface area (Å²) in [5.74, 6) is -0.835. The molecule has 0 unspecified atom stereocenters. The zero-order valence-electron chi connectivity index (χ0n) is 15.9. The first-order valence-electron chi connectivity index (χ1n) is 8.55. The number of nitrogens with one attached hydrogen (secondary N) is 2. The highest BCUT2D eigenvalue weighted by Crippen LogP contribution is 2.29. The highest BCUT2D eigenvalue weighted by molar-refractivity contribution is 6.31. The van der Waals surface area contributed by atoms with Crippen molar-refractivity contribution >= 4 is 34.4 Å². The van der Waals surface area contributed by atoms with Gasteiger partial charge in [-0.2, -0.15) is 5.10 Å². The van der Waals surface area contributed by atoms with Gasteiger partial charge in [-0.15, -0.1) is 0 Å². The molecule has 3 aromatic heterocycles. The van der Waals surface area contributed by atoms with Crippen molar-refractivity contribution in [2.45, 2.75) is 33.2 Å². The maximum atomic E-state index is 14.4. The van der Waals surface area contributed by atoms with Crippen molar-refractivity contribution in [2.24, 2.45) is 5.41 Å². The smallest absolute Gasteiger partial charge is 0.307 e. The standard InChI is InChI=1S/C18H20ClFN6O2/c1-18(2,3)12(6-13(27)28-4)23-16-11(20)8-22-17(24-16)14-10-5-9(19)7-21-15(10)26-25-14/h5,7-8,12H,6H2,1-4H3,(H,21,25,26)(H,22,23,24)/t12-/m1/s1. The summed E-state index contributed by atoms with van der Waals surface area (Å²) in [7, 11) is 1.31. The molecule has 0 aliphatic carbocycles. The van der Waals surface area contributed by atoms with E-state index in [1.807, 2.05) is 20.8 Å². The molecule has 10 heteroatoms. The van der Waals surface area contributed by atoms with Crippen molar-refractivity contribution in [3.63, 3.8) is 0 Å². The maximum Gasteiger partial charge on any atom is 0.307 e. The number of carbonyl (C=O) groups is 1. The van der Waals surface area contributed by atoms with Crippen LogP contribution in [0.5, 0.6) is 0 Å². The third kappa shape index (κ3) is 4.19. The van der Waals surface area contributed by atoms with E-state index in [1.165, 1.54) is 13.3 Å². The van der Waals surface area contributed by atoms with Crippen LogP contribution in [0, 0.1) is 11.2 Å².